The van der Waals surface area contributed by atoms with Crippen molar-refractivity contribution >= 4 is 27.5 Å². The van der Waals surface area contributed by atoms with Gasteiger partial charge < -0.3 is 9.72 Å². The minimum absolute atomic E-state index is 0.00198. The summed E-state index contributed by atoms with van der Waals surface area (Å²) in [5, 5.41) is 2.56. The van der Waals surface area contributed by atoms with Crippen LogP contribution in [0.1, 0.15) is 49.9 Å². The second kappa shape index (κ2) is 8.13. The molecule has 4 aromatic rings. The molecule has 0 radical (unpaired) electrons. The van der Waals surface area contributed by atoms with Crippen LogP contribution >= 0.6 is 11.3 Å². The Morgan fingerprint density at radius 3 is 2.42 bits per heavy atom. The molecule has 0 amide bonds. The molecule has 4 saturated carbocycles. The smallest absolute Gasteiger partial charge is 0.312 e. The highest BCUT2D eigenvalue weighted by Gasteiger charge is 2.61. The van der Waals surface area contributed by atoms with Crippen LogP contribution in [0.4, 0.5) is 0 Å². The maximum Gasteiger partial charge on any atom is 0.312 e. The average Bonchev–Trinajstić information content (AvgIpc) is 3.32. The van der Waals surface area contributed by atoms with E-state index < -0.39 is 5.41 Å². The Bertz CT molecular complexity index is 1490. The zero-order valence-electron chi connectivity index (χ0n) is 20.0. The molecule has 6 heteroatoms. The van der Waals surface area contributed by atoms with Crippen molar-refractivity contribution in [3.05, 3.63) is 87.8 Å². The predicted octanol–water partition coefficient (Wildman–Crippen LogP) is 6.23. The zero-order chi connectivity index (χ0) is 24.3. The van der Waals surface area contributed by atoms with Gasteiger partial charge in [0.1, 0.15) is 17.3 Å². The van der Waals surface area contributed by atoms with Gasteiger partial charge in [-0.2, -0.15) is 0 Å². The summed E-state index contributed by atoms with van der Waals surface area (Å²) in [5.74, 6) is 1.45. The van der Waals surface area contributed by atoms with Crippen LogP contribution in [-0.2, 0) is 21.6 Å². The minimum atomic E-state index is -0.423. The molecule has 4 bridgehead atoms. The van der Waals surface area contributed by atoms with Crippen LogP contribution in [-0.4, -0.2) is 15.9 Å². The highest BCUT2D eigenvalue weighted by atomic mass is 32.1. The van der Waals surface area contributed by atoms with Crippen LogP contribution < -0.4 is 5.56 Å². The number of H-pyrrole nitrogens is 1. The molecule has 0 aliphatic heterocycles. The van der Waals surface area contributed by atoms with Crippen LogP contribution in [0.15, 0.2) is 70.8 Å². The minimum Gasteiger partial charge on any atom is -0.457 e. The van der Waals surface area contributed by atoms with E-state index in [0.717, 1.165) is 30.4 Å². The number of hydrogen-bond acceptors (Lipinski definition) is 5. The lowest BCUT2D eigenvalue weighted by Gasteiger charge is -2.61. The van der Waals surface area contributed by atoms with Crippen molar-refractivity contribution in [2.24, 2.45) is 17.3 Å². The second-order valence-electron chi connectivity index (χ2n) is 11.2. The molecule has 1 N–H and O–H groups in total. The average molecular weight is 497 g/mol. The van der Waals surface area contributed by atoms with Crippen molar-refractivity contribution in [2.75, 3.05) is 0 Å². The molecule has 2 heterocycles. The molecule has 36 heavy (non-hydrogen) atoms. The molecule has 4 aliphatic rings. The number of rotatable bonds is 5. The lowest BCUT2D eigenvalue weighted by atomic mass is 9.43. The van der Waals surface area contributed by atoms with Gasteiger partial charge in [0.05, 0.1) is 10.8 Å². The van der Waals surface area contributed by atoms with Crippen molar-refractivity contribution in [1.29, 1.82) is 0 Å². The molecular formula is C30H28N2O3S. The number of aromatic amines is 1. The molecule has 0 spiro atoms. The lowest BCUT2D eigenvalue weighted by molar-refractivity contribution is -0.175. The van der Waals surface area contributed by atoms with E-state index in [1.54, 1.807) is 0 Å². The Morgan fingerprint density at radius 2 is 1.69 bits per heavy atom. The highest BCUT2D eigenvalue weighted by Crippen LogP contribution is 2.66. The largest absolute Gasteiger partial charge is 0.457 e. The number of carbonyl (C=O) groups excluding carboxylic acids is 1. The third kappa shape index (κ3) is 3.46. The molecule has 2 unspecified atom stereocenters. The van der Waals surface area contributed by atoms with Crippen LogP contribution in [0, 0.1) is 17.3 Å². The van der Waals surface area contributed by atoms with Gasteiger partial charge in [0.2, 0.25) is 0 Å². The van der Waals surface area contributed by atoms with Crippen molar-refractivity contribution in [3.63, 3.8) is 0 Å². The van der Waals surface area contributed by atoms with Crippen LogP contribution in [0.3, 0.4) is 0 Å². The first-order chi connectivity index (χ1) is 17.5. The number of ether oxygens (including phenoxy) is 1. The first kappa shape index (κ1) is 22.0. The Balaban J connectivity index is 1.14. The summed E-state index contributed by atoms with van der Waals surface area (Å²) in [6.07, 6.45) is 6.30. The van der Waals surface area contributed by atoms with Gasteiger partial charge in [-0.05, 0) is 66.9 Å². The van der Waals surface area contributed by atoms with E-state index in [4.69, 9.17) is 4.74 Å². The fourth-order valence-corrected chi connectivity index (χ4v) is 8.78. The lowest BCUT2D eigenvalue weighted by Crippen LogP contribution is -2.57. The SMILES string of the molecule is O=C(OCc1nc2scc(-c3ccccc3)c2c(=O)[nH]1)C12C[C@H]3C[C@@H](C1)CC(c1ccccc1)(C3)C2. The summed E-state index contributed by atoms with van der Waals surface area (Å²) in [6.45, 7) is -0.00198. The molecule has 2 aromatic heterocycles. The van der Waals surface area contributed by atoms with Crippen LogP contribution in [0.5, 0.6) is 0 Å². The molecule has 4 aliphatic carbocycles. The first-order valence-corrected chi connectivity index (χ1v) is 13.7. The maximum absolute atomic E-state index is 13.6. The monoisotopic (exact) mass is 496 g/mol. The molecular weight excluding hydrogens is 468 g/mol. The molecule has 2 aromatic carbocycles. The topological polar surface area (TPSA) is 72.0 Å². The van der Waals surface area contributed by atoms with E-state index in [-0.39, 0.29) is 23.6 Å². The maximum atomic E-state index is 13.6. The van der Waals surface area contributed by atoms with E-state index in [0.29, 0.717) is 27.9 Å². The number of fused-ring (bicyclic) bond motifs is 1. The summed E-state index contributed by atoms with van der Waals surface area (Å²) >= 11 is 1.44. The molecule has 0 saturated heterocycles. The fourth-order valence-electron chi connectivity index (χ4n) is 7.81. The predicted molar refractivity (Wildman–Crippen MR) is 141 cm³/mol. The number of nitrogens with one attached hydrogen (secondary N) is 1. The number of thiophene rings is 1. The Labute approximate surface area is 213 Å². The van der Waals surface area contributed by atoms with Crippen molar-refractivity contribution in [3.8, 4) is 11.1 Å². The molecule has 4 atom stereocenters. The summed E-state index contributed by atoms with van der Waals surface area (Å²) in [6, 6.07) is 20.6. The quantitative estimate of drug-likeness (QED) is 0.332. The third-order valence-electron chi connectivity index (χ3n) is 8.80. The number of esters is 1. The van der Waals surface area contributed by atoms with Crippen LogP contribution in [0.2, 0.25) is 0 Å². The molecule has 4 fully saturated rings. The normalized spacial score (nSPS) is 28.4. The van der Waals surface area contributed by atoms with Crippen LogP contribution in [0.25, 0.3) is 21.3 Å². The third-order valence-corrected chi connectivity index (χ3v) is 9.67. The number of benzene rings is 2. The number of nitrogens with zero attached hydrogens (tertiary/aromatic N) is 1. The van der Waals surface area contributed by atoms with Gasteiger partial charge in [-0.3, -0.25) is 9.59 Å². The van der Waals surface area contributed by atoms with E-state index in [1.807, 2.05) is 35.7 Å². The number of hydrogen-bond donors (Lipinski definition) is 1. The number of aromatic nitrogens is 2. The van der Waals surface area contributed by atoms with E-state index in [2.05, 4.69) is 40.3 Å². The van der Waals surface area contributed by atoms with Gasteiger partial charge in [0.15, 0.2) is 0 Å². The van der Waals surface area contributed by atoms with Crippen molar-refractivity contribution < 1.29 is 9.53 Å². The van der Waals surface area contributed by atoms with Gasteiger partial charge in [0.25, 0.3) is 5.56 Å². The highest BCUT2D eigenvalue weighted by molar-refractivity contribution is 7.17. The zero-order valence-corrected chi connectivity index (χ0v) is 20.9. The second-order valence-corrected chi connectivity index (χ2v) is 12.0. The van der Waals surface area contributed by atoms with Crippen molar-refractivity contribution in [2.45, 2.75) is 50.5 Å². The number of carbonyl (C=O) groups is 1. The Kier molecular flexibility index (Phi) is 4.97. The van der Waals surface area contributed by atoms with Crippen molar-refractivity contribution in [1.82, 2.24) is 9.97 Å². The summed E-state index contributed by atoms with van der Waals surface area (Å²) in [7, 11) is 0. The Hall–Kier alpha value is -3.25. The van der Waals surface area contributed by atoms with Gasteiger partial charge in [-0.1, -0.05) is 60.7 Å². The molecule has 182 valence electrons. The Morgan fingerprint density at radius 1 is 1.00 bits per heavy atom. The summed E-state index contributed by atoms with van der Waals surface area (Å²) in [5.41, 5.74) is 2.72. The molecule has 8 rings (SSSR count). The summed E-state index contributed by atoms with van der Waals surface area (Å²) < 4.78 is 5.92. The van der Waals surface area contributed by atoms with E-state index in [9.17, 15) is 9.59 Å². The van der Waals surface area contributed by atoms with Gasteiger partial charge in [0, 0.05) is 10.9 Å². The molecule has 5 nitrogen and oxygen atoms in total. The standard InChI is InChI=1S/C30H28N2O3S/c33-26-25-23(21-7-3-1-4-8-21)17-36-27(25)32-24(31-26)16-35-28(34)30-14-19-11-20(15-30)13-29(12-19,18-30)22-9-5-2-6-10-22/h1-10,17,19-20H,11-16,18H2,(H,31,32,33)/t19-,20+,29?,30?. The van der Waals surface area contributed by atoms with Gasteiger partial charge in [-0.15, -0.1) is 11.3 Å². The summed E-state index contributed by atoms with van der Waals surface area (Å²) in [4.78, 5) is 34.8. The fraction of sp³-hybridized carbons (Fsp3) is 0.367. The van der Waals surface area contributed by atoms with Gasteiger partial charge >= 0.3 is 5.97 Å². The van der Waals surface area contributed by atoms with Gasteiger partial charge in [-0.25, -0.2) is 4.98 Å². The first-order valence-electron chi connectivity index (χ1n) is 12.8. The van der Waals surface area contributed by atoms with E-state index >= 15 is 0 Å². The van der Waals surface area contributed by atoms with E-state index in [1.165, 1.54) is 36.2 Å².